The maximum absolute atomic E-state index is 11.8. The predicted octanol–water partition coefficient (Wildman–Crippen LogP) is 1.20. The Kier molecular flexibility index (Phi) is 10.8. The number of nitrogens with one attached hydrogen (secondary N) is 3. The Morgan fingerprint density at radius 2 is 1.86 bits per heavy atom. The van der Waals surface area contributed by atoms with Crippen molar-refractivity contribution in [1.82, 2.24) is 16.0 Å². The van der Waals surface area contributed by atoms with Crippen LogP contribution in [0.25, 0.3) is 0 Å². The van der Waals surface area contributed by atoms with E-state index < -0.39 is 0 Å². The lowest BCUT2D eigenvalue weighted by atomic mass is 9.98. The van der Waals surface area contributed by atoms with E-state index in [1.54, 1.807) is 0 Å². The number of hydrogen-bond acceptors (Lipinski definition) is 5. The van der Waals surface area contributed by atoms with Gasteiger partial charge in [0.05, 0.1) is 13.5 Å². The van der Waals surface area contributed by atoms with Crippen LogP contribution in [0, 0.1) is 0 Å². The minimum absolute atomic E-state index is 0.0133. The zero-order chi connectivity index (χ0) is 17.0. The Morgan fingerprint density at radius 3 is 2.45 bits per heavy atom. The molecule has 0 aromatic carbocycles. The fourth-order valence-electron chi connectivity index (χ4n) is 1.99. The Morgan fingerprint density at radius 1 is 1.18 bits per heavy atom. The number of rotatable bonds is 12. The van der Waals surface area contributed by atoms with Gasteiger partial charge in [-0.05, 0) is 40.2 Å². The molecule has 0 aliphatic heterocycles. The molecule has 0 rings (SSSR count). The van der Waals surface area contributed by atoms with E-state index in [-0.39, 0.29) is 23.5 Å². The summed E-state index contributed by atoms with van der Waals surface area (Å²) in [6, 6.07) is 0.0431. The molecule has 6 nitrogen and oxygen atoms in total. The number of methoxy groups -OCH3 is 1. The first-order valence-corrected chi connectivity index (χ1v) is 8.12. The smallest absolute Gasteiger partial charge is 0.307 e. The molecule has 1 atom stereocenters. The standard InChI is InChI=1S/C16H33N3O3/c1-6-9-19-16(3,4)8-7-14(20)18-11-10-17-13(2)12-15(21)22-5/h13,17,19H,6-12H2,1-5H3,(H,18,20). The third-order valence-electron chi connectivity index (χ3n) is 3.47. The van der Waals surface area contributed by atoms with Gasteiger partial charge in [0, 0.05) is 31.1 Å². The van der Waals surface area contributed by atoms with E-state index in [1.165, 1.54) is 7.11 Å². The predicted molar refractivity (Wildman–Crippen MR) is 88.7 cm³/mol. The van der Waals surface area contributed by atoms with Crippen LogP contribution in [0.5, 0.6) is 0 Å². The third-order valence-corrected chi connectivity index (χ3v) is 3.47. The Bertz CT molecular complexity index is 333. The van der Waals surface area contributed by atoms with Gasteiger partial charge in [-0.2, -0.15) is 0 Å². The Labute approximate surface area is 134 Å². The van der Waals surface area contributed by atoms with Gasteiger partial charge in [0.25, 0.3) is 0 Å². The Hall–Kier alpha value is -1.14. The average Bonchev–Trinajstić information content (AvgIpc) is 2.47. The van der Waals surface area contributed by atoms with Crippen LogP contribution in [-0.2, 0) is 14.3 Å². The van der Waals surface area contributed by atoms with E-state index in [2.05, 4.69) is 41.5 Å². The highest BCUT2D eigenvalue weighted by molar-refractivity contribution is 5.75. The van der Waals surface area contributed by atoms with E-state index in [0.29, 0.717) is 25.9 Å². The maximum atomic E-state index is 11.8. The molecule has 0 aliphatic rings. The van der Waals surface area contributed by atoms with Crippen molar-refractivity contribution < 1.29 is 14.3 Å². The summed E-state index contributed by atoms with van der Waals surface area (Å²) in [5.41, 5.74) is -0.0133. The second kappa shape index (κ2) is 11.4. The molecule has 1 unspecified atom stereocenters. The number of carbonyl (C=O) groups is 2. The molecule has 6 heteroatoms. The van der Waals surface area contributed by atoms with Crippen molar-refractivity contribution in [2.45, 2.75) is 65.0 Å². The molecule has 0 radical (unpaired) electrons. The van der Waals surface area contributed by atoms with Crippen LogP contribution in [0.4, 0.5) is 0 Å². The lowest BCUT2D eigenvalue weighted by Gasteiger charge is -2.26. The minimum Gasteiger partial charge on any atom is -0.469 e. The summed E-state index contributed by atoms with van der Waals surface area (Å²) in [4.78, 5) is 22.9. The molecule has 0 saturated heterocycles. The lowest BCUT2D eigenvalue weighted by Crippen LogP contribution is -2.41. The first-order chi connectivity index (χ1) is 10.3. The van der Waals surface area contributed by atoms with Crippen molar-refractivity contribution in [3.8, 4) is 0 Å². The van der Waals surface area contributed by atoms with Gasteiger partial charge in [-0.1, -0.05) is 6.92 Å². The fraction of sp³-hybridized carbons (Fsp3) is 0.875. The average molecular weight is 315 g/mol. The molecule has 0 aromatic heterocycles. The fourth-order valence-corrected chi connectivity index (χ4v) is 1.99. The van der Waals surface area contributed by atoms with Gasteiger partial charge in [0.2, 0.25) is 5.91 Å². The van der Waals surface area contributed by atoms with Crippen LogP contribution in [0.3, 0.4) is 0 Å². The summed E-state index contributed by atoms with van der Waals surface area (Å²) in [6.45, 7) is 10.5. The van der Waals surface area contributed by atoms with Crippen molar-refractivity contribution in [2.24, 2.45) is 0 Å². The molecular weight excluding hydrogens is 282 g/mol. The van der Waals surface area contributed by atoms with Crippen LogP contribution in [0.2, 0.25) is 0 Å². The van der Waals surface area contributed by atoms with Crippen molar-refractivity contribution in [1.29, 1.82) is 0 Å². The molecule has 3 N–H and O–H groups in total. The number of ether oxygens (including phenoxy) is 1. The lowest BCUT2D eigenvalue weighted by molar-refractivity contribution is -0.141. The summed E-state index contributed by atoms with van der Waals surface area (Å²) in [5.74, 6) is -0.167. The number of hydrogen-bond donors (Lipinski definition) is 3. The second-order valence-corrected chi connectivity index (χ2v) is 6.30. The summed E-state index contributed by atoms with van der Waals surface area (Å²) < 4.78 is 4.60. The highest BCUT2D eigenvalue weighted by atomic mass is 16.5. The Balaban J connectivity index is 3.71. The number of amides is 1. The van der Waals surface area contributed by atoms with Gasteiger partial charge >= 0.3 is 5.97 Å². The molecule has 0 bridgehead atoms. The van der Waals surface area contributed by atoms with Crippen LogP contribution in [-0.4, -0.2) is 50.2 Å². The van der Waals surface area contributed by atoms with Gasteiger partial charge < -0.3 is 20.7 Å². The van der Waals surface area contributed by atoms with Gasteiger partial charge in [0.1, 0.15) is 0 Å². The van der Waals surface area contributed by atoms with Crippen molar-refractivity contribution in [3.63, 3.8) is 0 Å². The van der Waals surface area contributed by atoms with Gasteiger partial charge in [-0.3, -0.25) is 9.59 Å². The highest BCUT2D eigenvalue weighted by Crippen LogP contribution is 2.10. The molecule has 22 heavy (non-hydrogen) atoms. The summed E-state index contributed by atoms with van der Waals surface area (Å²) >= 11 is 0. The maximum Gasteiger partial charge on any atom is 0.307 e. The van der Waals surface area contributed by atoms with E-state index >= 15 is 0 Å². The minimum atomic E-state index is -0.231. The summed E-state index contributed by atoms with van der Waals surface area (Å²) in [7, 11) is 1.38. The largest absolute Gasteiger partial charge is 0.469 e. The molecule has 0 aliphatic carbocycles. The number of esters is 1. The van der Waals surface area contributed by atoms with Gasteiger partial charge in [-0.25, -0.2) is 0 Å². The zero-order valence-electron chi connectivity index (χ0n) is 14.8. The molecular formula is C16H33N3O3. The normalized spacial score (nSPS) is 12.8. The van der Waals surface area contributed by atoms with E-state index in [1.807, 2.05) is 6.92 Å². The molecule has 0 heterocycles. The van der Waals surface area contributed by atoms with Crippen LogP contribution in [0.1, 0.15) is 53.4 Å². The molecule has 0 saturated carbocycles. The highest BCUT2D eigenvalue weighted by Gasteiger charge is 2.17. The van der Waals surface area contributed by atoms with Crippen LogP contribution < -0.4 is 16.0 Å². The van der Waals surface area contributed by atoms with E-state index in [9.17, 15) is 9.59 Å². The van der Waals surface area contributed by atoms with Crippen LogP contribution in [0.15, 0.2) is 0 Å². The van der Waals surface area contributed by atoms with E-state index in [4.69, 9.17) is 0 Å². The zero-order valence-corrected chi connectivity index (χ0v) is 14.8. The second-order valence-electron chi connectivity index (χ2n) is 6.30. The third kappa shape index (κ3) is 11.5. The summed E-state index contributed by atoms with van der Waals surface area (Å²) in [5, 5.41) is 9.50. The van der Waals surface area contributed by atoms with Crippen molar-refractivity contribution in [3.05, 3.63) is 0 Å². The first-order valence-electron chi connectivity index (χ1n) is 8.12. The summed E-state index contributed by atoms with van der Waals surface area (Å²) in [6.07, 6.45) is 2.75. The SMILES string of the molecule is CCCNC(C)(C)CCC(=O)NCCNC(C)CC(=O)OC. The van der Waals surface area contributed by atoms with Gasteiger partial charge in [-0.15, -0.1) is 0 Å². The van der Waals surface area contributed by atoms with Gasteiger partial charge in [0.15, 0.2) is 0 Å². The topological polar surface area (TPSA) is 79.5 Å². The van der Waals surface area contributed by atoms with Crippen LogP contribution >= 0.6 is 0 Å². The van der Waals surface area contributed by atoms with Crippen molar-refractivity contribution >= 4 is 11.9 Å². The molecule has 0 spiro atoms. The van der Waals surface area contributed by atoms with Crippen molar-refractivity contribution in [2.75, 3.05) is 26.7 Å². The quantitative estimate of drug-likeness (QED) is 0.372. The van der Waals surface area contributed by atoms with E-state index in [0.717, 1.165) is 19.4 Å². The molecule has 0 aromatic rings. The first kappa shape index (κ1) is 20.9. The monoisotopic (exact) mass is 315 g/mol. The molecule has 130 valence electrons. The molecule has 0 fully saturated rings. The molecule has 1 amide bonds. The number of carbonyl (C=O) groups excluding carboxylic acids is 2.